The van der Waals surface area contributed by atoms with Crippen LogP contribution in [0.5, 0.6) is 5.75 Å². The summed E-state index contributed by atoms with van der Waals surface area (Å²) in [6.45, 7) is 5.28. The van der Waals surface area contributed by atoms with Gasteiger partial charge < -0.3 is 20.1 Å². The zero-order valence-electron chi connectivity index (χ0n) is 18.3. The molecule has 1 aromatic heterocycles. The monoisotopic (exact) mass is 452 g/mol. The Hall–Kier alpha value is -3.65. The summed E-state index contributed by atoms with van der Waals surface area (Å²) in [4.78, 5) is 38.1. The van der Waals surface area contributed by atoms with Gasteiger partial charge in [0.2, 0.25) is 0 Å². The van der Waals surface area contributed by atoms with Crippen LogP contribution in [0, 0.1) is 20.8 Å². The van der Waals surface area contributed by atoms with Crippen LogP contribution in [0.15, 0.2) is 48.5 Å². The zero-order chi connectivity index (χ0) is 23.3. The van der Waals surface area contributed by atoms with Crippen molar-refractivity contribution in [1.29, 1.82) is 0 Å². The van der Waals surface area contributed by atoms with Crippen molar-refractivity contribution in [3.05, 3.63) is 75.7 Å². The van der Waals surface area contributed by atoms with Crippen molar-refractivity contribution >= 4 is 39.8 Å². The molecule has 2 aromatic carbocycles. The molecule has 0 aliphatic rings. The first kappa shape index (κ1) is 23.0. The minimum atomic E-state index is -0.636. The molecule has 7 nitrogen and oxygen atoms in total. The predicted molar refractivity (Wildman–Crippen MR) is 125 cm³/mol. The highest BCUT2D eigenvalue weighted by Crippen LogP contribution is 2.34. The second-order valence-corrected chi connectivity index (χ2v) is 8.19. The molecule has 2 amide bonds. The van der Waals surface area contributed by atoms with Crippen molar-refractivity contribution in [2.24, 2.45) is 0 Å². The fourth-order valence-corrected chi connectivity index (χ4v) is 4.23. The average Bonchev–Trinajstić information content (AvgIpc) is 3.10. The molecule has 0 aliphatic carbocycles. The molecule has 2 N–H and O–H groups in total. The number of para-hydroxylation sites is 1. The number of amides is 2. The lowest BCUT2D eigenvalue weighted by molar-refractivity contribution is -0.118. The van der Waals surface area contributed by atoms with Crippen LogP contribution in [0.2, 0.25) is 0 Å². The normalized spacial score (nSPS) is 10.4. The van der Waals surface area contributed by atoms with Gasteiger partial charge in [-0.1, -0.05) is 35.9 Å². The molecule has 3 aromatic rings. The number of aryl methyl sites for hydroxylation is 2. The molecule has 0 saturated carbocycles. The summed E-state index contributed by atoms with van der Waals surface area (Å²) in [5.74, 6) is -0.914. The van der Waals surface area contributed by atoms with E-state index in [9.17, 15) is 14.4 Å². The summed E-state index contributed by atoms with van der Waals surface area (Å²) in [5.41, 5.74) is 3.27. The average molecular weight is 453 g/mol. The smallest absolute Gasteiger partial charge is 0.341 e. The van der Waals surface area contributed by atoms with E-state index in [1.165, 1.54) is 7.11 Å². The van der Waals surface area contributed by atoms with E-state index in [4.69, 9.17) is 9.47 Å². The second kappa shape index (κ2) is 10.1. The molecule has 0 radical (unpaired) electrons. The first-order valence-corrected chi connectivity index (χ1v) is 10.7. The van der Waals surface area contributed by atoms with E-state index < -0.39 is 11.9 Å². The van der Waals surface area contributed by atoms with E-state index in [2.05, 4.69) is 10.6 Å². The molecule has 0 bridgehead atoms. The molecule has 166 valence electrons. The maximum atomic E-state index is 13.0. The third-order valence-electron chi connectivity index (χ3n) is 4.74. The van der Waals surface area contributed by atoms with Crippen LogP contribution in [0.1, 0.15) is 36.7 Å². The van der Waals surface area contributed by atoms with E-state index in [1.807, 2.05) is 38.1 Å². The number of methoxy groups -OCH3 is 1. The first-order chi connectivity index (χ1) is 15.3. The Morgan fingerprint density at radius 1 is 0.969 bits per heavy atom. The molecule has 8 heteroatoms. The quantitative estimate of drug-likeness (QED) is 0.506. The van der Waals surface area contributed by atoms with Gasteiger partial charge in [-0.2, -0.15) is 0 Å². The van der Waals surface area contributed by atoms with E-state index in [1.54, 1.807) is 31.2 Å². The van der Waals surface area contributed by atoms with E-state index in [0.29, 0.717) is 21.9 Å². The topological polar surface area (TPSA) is 93.7 Å². The van der Waals surface area contributed by atoms with Crippen LogP contribution in [-0.2, 0) is 9.53 Å². The molecule has 0 aliphatic heterocycles. The van der Waals surface area contributed by atoms with Crippen molar-refractivity contribution < 1.29 is 23.9 Å². The lowest BCUT2D eigenvalue weighted by Crippen LogP contribution is -2.21. The van der Waals surface area contributed by atoms with Crippen LogP contribution in [0.4, 0.5) is 10.7 Å². The zero-order valence-corrected chi connectivity index (χ0v) is 19.1. The Morgan fingerprint density at radius 3 is 2.34 bits per heavy atom. The number of ether oxygens (including phenoxy) is 2. The molecule has 0 spiro atoms. The number of anilines is 2. The Morgan fingerprint density at radius 2 is 1.69 bits per heavy atom. The van der Waals surface area contributed by atoms with Crippen molar-refractivity contribution in [1.82, 2.24) is 0 Å². The van der Waals surface area contributed by atoms with Gasteiger partial charge in [0.15, 0.2) is 6.61 Å². The van der Waals surface area contributed by atoms with Gasteiger partial charge in [0.1, 0.15) is 10.8 Å². The van der Waals surface area contributed by atoms with Crippen molar-refractivity contribution in [2.75, 3.05) is 24.4 Å². The molecular weight excluding hydrogens is 428 g/mol. The van der Waals surface area contributed by atoms with Gasteiger partial charge in [-0.15, -0.1) is 11.3 Å². The molecule has 1 heterocycles. The number of hydrogen-bond donors (Lipinski definition) is 2. The number of esters is 1. The third-order valence-corrected chi connectivity index (χ3v) is 5.94. The van der Waals surface area contributed by atoms with Crippen LogP contribution in [0.25, 0.3) is 0 Å². The Kier molecular flexibility index (Phi) is 7.27. The van der Waals surface area contributed by atoms with Gasteiger partial charge in [0.05, 0.1) is 17.6 Å². The lowest BCUT2D eigenvalue weighted by Gasteiger charge is -2.08. The standard InChI is InChI=1S/C24H24N2O5S/c1-14-10-11-18(15(2)12-14)25-22(28)21-16(3)20(24(29)30-4)23(32-21)26-19(27)13-31-17-8-6-5-7-9-17/h5-12H,13H2,1-4H3,(H,25,28)(H,26,27). The summed E-state index contributed by atoms with van der Waals surface area (Å²) in [7, 11) is 1.25. The maximum absolute atomic E-state index is 13.0. The highest BCUT2D eigenvalue weighted by Gasteiger charge is 2.26. The van der Waals surface area contributed by atoms with Crippen LogP contribution in [0.3, 0.4) is 0 Å². The number of thiophene rings is 1. The fraction of sp³-hybridized carbons (Fsp3) is 0.208. The second-order valence-electron chi connectivity index (χ2n) is 7.17. The maximum Gasteiger partial charge on any atom is 0.341 e. The SMILES string of the molecule is COC(=O)c1c(NC(=O)COc2ccccc2)sc(C(=O)Nc2ccc(C)cc2C)c1C. The van der Waals surface area contributed by atoms with E-state index >= 15 is 0 Å². The number of benzene rings is 2. The molecule has 0 saturated heterocycles. The highest BCUT2D eigenvalue weighted by atomic mass is 32.1. The molecular formula is C24H24N2O5S. The molecule has 0 atom stereocenters. The van der Waals surface area contributed by atoms with Crippen LogP contribution >= 0.6 is 11.3 Å². The van der Waals surface area contributed by atoms with Crippen molar-refractivity contribution in [2.45, 2.75) is 20.8 Å². The minimum absolute atomic E-state index is 0.149. The summed E-state index contributed by atoms with van der Waals surface area (Å²) >= 11 is 1.02. The summed E-state index contributed by atoms with van der Waals surface area (Å²) in [6.07, 6.45) is 0. The number of carbonyl (C=O) groups excluding carboxylic acids is 3. The van der Waals surface area contributed by atoms with Gasteiger partial charge in [-0.25, -0.2) is 4.79 Å². The number of rotatable bonds is 7. The van der Waals surface area contributed by atoms with E-state index in [-0.39, 0.29) is 23.1 Å². The van der Waals surface area contributed by atoms with E-state index in [0.717, 1.165) is 22.5 Å². The molecule has 0 fully saturated rings. The molecule has 0 unspecified atom stereocenters. The lowest BCUT2D eigenvalue weighted by atomic mass is 10.1. The van der Waals surface area contributed by atoms with Crippen molar-refractivity contribution in [3.8, 4) is 5.75 Å². The predicted octanol–water partition coefficient (Wildman–Crippen LogP) is 4.73. The van der Waals surface area contributed by atoms with Crippen molar-refractivity contribution in [3.63, 3.8) is 0 Å². The van der Waals surface area contributed by atoms with Gasteiger partial charge >= 0.3 is 5.97 Å². The highest BCUT2D eigenvalue weighted by molar-refractivity contribution is 7.19. The Balaban J connectivity index is 1.81. The summed E-state index contributed by atoms with van der Waals surface area (Å²) in [5, 5.41) is 5.78. The summed E-state index contributed by atoms with van der Waals surface area (Å²) in [6, 6.07) is 14.6. The summed E-state index contributed by atoms with van der Waals surface area (Å²) < 4.78 is 10.3. The number of carbonyl (C=O) groups is 3. The van der Waals surface area contributed by atoms with Gasteiger partial charge in [-0.05, 0) is 50.1 Å². The van der Waals surface area contributed by atoms with Crippen LogP contribution in [-0.4, -0.2) is 31.5 Å². The Labute approximate surface area is 190 Å². The van der Waals surface area contributed by atoms with Gasteiger partial charge in [0, 0.05) is 5.69 Å². The van der Waals surface area contributed by atoms with Gasteiger partial charge in [0.25, 0.3) is 11.8 Å². The largest absolute Gasteiger partial charge is 0.484 e. The fourth-order valence-electron chi connectivity index (χ4n) is 3.13. The van der Waals surface area contributed by atoms with Crippen LogP contribution < -0.4 is 15.4 Å². The third kappa shape index (κ3) is 5.33. The Bertz CT molecular complexity index is 1150. The number of nitrogens with one attached hydrogen (secondary N) is 2. The minimum Gasteiger partial charge on any atom is -0.484 e. The first-order valence-electron chi connectivity index (χ1n) is 9.88. The number of hydrogen-bond acceptors (Lipinski definition) is 6. The van der Waals surface area contributed by atoms with Gasteiger partial charge in [-0.3, -0.25) is 9.59 Å². The molecule has 32 heavy (non-hydrogen) atoms. The molecule has 3 rings (SSSR count).